The third-order valence-electron chi connectivity index (χ3n) is 16.9. The molecule has 89 heavy (non-hydrogen) atoms. The summed E-state index contributed by atoms with van der Waals surface area (Å²) in [6.07, 6.45) is -73.5. The van der Waals surface area contributed by atoms with Crippen molar-refractivity contribution < 1.29 is 181 Å². The molecule has 38 heteroatoms. The molecule has 1 aromatic carbocycles. The summed E-state index contributed by atoms with van der Waals surface area (Å²) in [6, 6.07) is 2.98. The first kappa shape index (κ1) is 71.1. The van der Waals surface area contributed by atoms with E-state index in [0.29, 0.717) is 5.56 Å². The molecule has 15 aliphatic rings. The highest BCUT2D eigenvalue weighted by Crippen LogP contribution is 2.40. The first-order chi connectivity index (χ1) is 42.2. The molecule has 0 spiro atoms. The third-order valence-corrected chi connectivity index (χ3v) is 18.5. The highest BCUT2D eigenvalue weighted by Gasteiger charge is 2.60. The van der Waals surface area contributed by atoms with E-state index in [0.717, 1.165) is 0 Å². The van der Waals surface area contributed by atoms with Crippen LogP contribution in [0.15, 0.2) is 17.0 Å². The molecule has 512 valence electrons. The molecular weight excluding hydrogens is 1240 g/mol. The van der Waals surface area contributed by atoms with Gasteiger partial charge in [0.25, 0.3) is 10.1 Å². The fourth-order valence-electron chi connectivity index (χ4n) is 12.3. The zero-order valence-corrected chi connectivity index (χ0v) is 48.4. The average molecular weight is 1320 g/mol. The average Bonchev–Trinajstić information content (AvgIpc) is 1.40. The molecule has 0 aliphatic carbocycles. The number of aliphatic hydroxyl groups is 20. The molecule has 15 aliphatic heterocycles. The van der Waals surface area contributed by atoms with E-state index in [1.165, 1.54) is 26.0 Å². The second-order valence-corrected chi connectivity index (χ2v) is 24.4. The van der Waals surface area contributed by atoms with Crippen LogP contribution in [0.1, 0.15) is 16.7 Å². The molecule has 20 N–H and O–H groups in total. The summed E-state index contributed by atoms with van der Waals surface area (Å²) in [6.45, 7) is -3.23. The number of benzene rings is 1. The molecule has 0 aromatic heterocycles. The Morgan fingerprint density at radius 2 is 0.494 bits per heavy atom. The van der Waals surface area contributed by atoms with Crippen molar-refractivity contribution in [1.82, 2.24) is 0 Å². The lowest BCUT2D eigenvalue weighted by atomic mass is 9.95. The molecule has 0 radical (unpaired) electrons. The minimum Gasteiger partial charge on any atom is -0.394 e. The number of ether oxygens (including phenoxy) is 14. The van der Waals surface area contributed by atoms with Gasteiger partial charge in [0.05, 0.1) is 51.1 Å². The van der Waals surface area contributed by atoms with Crippen LogP contribution in [0.2, 0.25) is 0 Å². The van der Waals surface area contributed by atoms with Gasteiger partial charge in [-0.2, -0.15) is 8.42 Å². The van der Waals surface area contributed by atoms with Crippen LogP contribution < -0.4 is 0 Å². The predicted molar refractivity (Wildman–Crippen MR) is 275 cm³/mol. The molecule has 0 unspecified atom stereocenters. The van der Waals surface area contributed by atoms with Crippen LogP contribution in [0, 0.1) is 20.8 Å². The molecular formula is C51H80O37S. The molecule has 35 atom stereocenters. The van der Waals surface area contributed by atoms with Crippen molar-refractivity contribution >= 4 is 10.1 Å². The standard InChI is InChI=1S/C51H80O37S/c1-13-4-14(2)44(15(3)5-13)89(72,73)88-43-35(71)42-22(12-58)80-51(43)87-41-21(11-57)79-49(34(70)28(41)64)85-39-19(9-55)77-47(32(68)26(39)62)83-37-17(7-53)75-45(30(66)24(37)60)81-36-16(6-52)74-46(29(65)23(36)59)82-38-18(8-54)76-48(31(67)25(38)61)84-40-20(10-56)78-50(86-42)33(69)27(40)63/h4-5,16-43,45-71H,6-12H2,1-3H3/t16-,17-,18-,19-,20-,21-,22-,23-,24-,25-,26-,27-,28+,29-,30-,31-,32-,33-,34+,35+,36-,37-,38-,39-,40-,41-,42-,43-,45-,46-,47-,48-,49-,50-,51-/m1/s1. The molecule has 1 aromatic rings. The number of rotatable bonds is 10. The maximum absolute atomic E-state index is 14.4. The van der Waals surface area contributed by atoms with E-state index in [2.05, 4.69) is 0 Å². The van der Waals surface area contributed by atoms with E-state index in [-0.39, 0.29) is 11.1 Å². The quantitative estimate of drug-likeness (QED) is 0.0967. The van der Waals surface area contributed by atoms with E-state index < -0.39 is 276 Å². The van der Waals surface area contributed by atoms with Gasteiger partial charge in [0.1, 0.15) is 165 Å². The van der Waals surface area contributed by atoms with Gasteiger partial charge in [-0.15, -0.1) is 0 Å². The summed E-state index contributed by atoms with van der Waals surface area (Å²) in [5.41, 5.74) is 0.932. The smallest absolute Gasteiger partial charge is 0.298 e. The lowest BCUT2D eigenvalue weighted by Crippen LogP contribution is -2.68. The molecule has 15 heterocycles. The topological polar surface area (TPSA) is 577 Å². The Bertz CT molecular complexity index is 2530. The molecule has 15 fully saturated rings. The van der Waals surface area contributed by atoms with E-state index >= 15 is 0 Å². The van der Waals surface area contributed by atoms with Crippen molar-refractivity contribution in [2.24, 2.45) is 0 Å². The zero-order chi connectivity index (χ0) is 65.0. The van der Waals surface area contributed by atoms with Crippen LogP contribution in [0.5, 0.6) is 0 Å². The Kier molecular flexibility index (Phi) is 23.5. The maximum Gasteiger partial charge on any atom is 0.298 e. The summed E-state index contributed by atoms with van der Waals surface area (Å²) in [5.74, 6) is 0. The number of hydrogen-bond donors (Lipinski definition) is 20. The highest BCUT2D eigenvalue weighted by molar-refractivity contribution is 7.86. The normalized spacial score (nSPS) is 49.7. The molecule has 16 rings (SSSR count). The summed E-state index contributed by atoms with van der Waals surface area (Å²) >= 11 is 0. The van der Waals surface area contributed by atoms with Gasteiger partial charge in [-0.25, -0.2) is 0 Å². The van der Waals surface area contributed by atoms with Crippen molar-refractivity contribution in [2.45, 2.75) is 241 Å². The van der Waals surface area contributed by atoms with Gasteiger partial charge in [0.2, 0.25) is 0 Å². The van der Waals surface area contributed by atoms with Crippen molar-refractivity contribution in [2.75, 3.05) is 46.2 Å². The number of hydrogen-bond acceptors (Lipinski definition) is 37. The van der Waals surface area contributed by atoms with Gasteiger partial charge in [-0.05, 0) is 31.9 Å². The van der Waals surface area contributed by atoms with Crippen LogP contribution in [0.3, 0.4) is 0 Å². The van der Waals surface area contributed by atoms with Crippen molar-refractivity contribution in [3.8, 4) is 0 Å². The Hall–Kier alpha value is -2.23. The SMILES string of the molecule is Cc1cc(C)c(S(=O)(=O)O[C@H]2[C@H]3O[C@H]4[C@@H](O)[C@H](O)[C@@H](O[C@H]5[C@H](O)[C@@H](O)[C@@H](O[C@H]6[C@H](O)[C@@H](O)[C@@H](O[C@H]7[C@H](O)[C@@H](O)[C@@H](O[C@H]8[C@H](O)[C@@H](O)[C@@H](O[C@H]9[C@H](O)[C@@H](O)[C@@H](O[C@@H]([C@@H]2O)[C@@H](CO)O3)O[C@@H]9CO)O[C@@H]8CO)O[C@@H]7CO)O[C@@H]6CO)O[C@@H]5CO)O[C@@H]4CO)c(C)c1. The summed E-state index contributed by atoms with van der Waals surface area (Å²) in [4.78, 5) is -0.411. The second kappa shape index (κ2) is 29.4. The minimum atomic E-state index is -5.08. The Morgan fingerprint density at radius 1 is 0.303 bits per heavy atom. The fraction of sp³-hybridized carbons (Fsp3) is 0.882. The van der Waals surface area contributed by atoms with E-state index in [9.17, 15) is 111 Å². The first-order valence-electron chi connectivity index (χ1n) is 28.5. The second-order valence-electron chi connectivity index (χ2n) is 22.9. The Morgan fingerprint density at radius 3 is 0.708 bits per heavy atom. The van der Waals surface area contributed by atoms with Crippen LogP contribution in [-0.4, -0.2) is 372 Å². The minimum absolute atomic E-state index is 0.150. The maximum atomic E-state index is 14.4. The van der Waals surface area contributed by atoms with Crippen LogP contribution in [-0.2, 0) is 80.6 Å². The van der Waals surface area contributed by atoms with Crippen molar-refractivity contribution in [3.05, 3.63) is 28.8 Å². The molecule has 0 saturated carbocycles. The summed E-state index contributed by atoms with van der Waals surface area (Å²) in [5, 5.41) is 224. The van der Waals surface area contributed by atoms with Gasteiger partial charge in [-0.1, -0.05) is 17.7 Å². The van der Waals surface area contributed by atoms with Gasteiger partial charge in [0.15, 0.2) is 50.1 Å². The predicted octanol–water partition coefficient (Wildman–Crippen LogP) is -12.9. The number of aliphatic hydroxyl groups excluding tert-OH is 20. The number of fused-ring (bicyclic) bond motifs is 7. The lowest BCUT2D eigenvalue weighted by Gasteiger charge is -2.50. The van der Waals surface area contributed by atoms with E-state index in [1.807, 2.05) is 0 Å². The first-order valence-corrected chi connectivity index (χ1v) is 29.9. The van der Waals surface area contributed by atoms with Gasteiger partial charge in [-0.3, -0.25) is 4.18 Å². The van der Waals surface area contributed by atoms with Crippen LogP contribution in [0.25, 0.3) is 0 Å². The highest BCUT2D eigenvalue weighted by atomic mass is 32.2. The monoisotopic (exact) mass is 1320 g/mol. The lowest BCUT2D eigenvalue weighted by molar-refractivity contribution is -0.396. The van der Waals surface area contributed by atoms with Crippen molar-refractivity contribution in [1.29, 1.82) is 0 Å². The molecule has 0 amide bonds. The van der Waals surface area contributed by atoms with E-state index in [1.54, 1.807) is 6.92 Å². The van der Waals surface area contributed by atoms with Gasteiger partial charge >= 0.3 is 0 Å². The Labute approximate surface area is 505 Å². The summed E-state index contributed by atoms with van der Waals surface area (Å²) < 4.78 is 116. The van der Waals surface area contributed by atoms with Crippen molar-refractivity contribution in [3.63, 3.8) is 0 Å². The van der Waals surface area contributed by atoms with E-state index in [4.69, 9.17) is 70.5 Å². The van der Waals surface area contributed by atoms with Crippen LogP contribution in [0.4, 0.5) is 0 Å². The Balaban J connectivity index is 1.05. The molecule has 15 saturated heterocycles. The summed E-state index contributed by atoms with van der Waals surface area (Å²) in [7, 11) is -5.08. The zero-order valence-electron chi connectivity index (χ0n) is 47.6. The number of aryl methyl sites for hydroxylation is 3. The molecule has 14 bridgehead atoms. The fourth-order valence-corrected chi connectivity index (χ4v) is 13.8. The van der Waals surface area contributed by atoms with Gasteiger partial charge in [0, 0.05) is 0 Å². The molecule has 37 nitrogen and oxygen atoms in total. The van der Waals surface area contributed by atoms with Gasteiger partial charge < -0.3 is 168 Å². The third kappa shape index (κ3) is 14.1. The van der Waals surface area contributed by atoms with Crippen LogP contribution >= 0.6 is 0 Å². The largest absolute Gasteiger partial charge is 0.394 e.